The zero-order chi connectivity index (χ0) is 19.5. The van der Waals surface area contributed by atoms with E-state index in [4.69, 9.17) is 0 Å². The molecule has 3 amide bonds. The highest BCUT2D eigenvalue weighted by Crippen LogP contribution is 2.29. The predicted octanol–water partition coefficient (Wildman–Crippen LogP) is 0.683. The maximum atomic E-state index is 12.5. The topological polar surface area (TPSA) is 85.9 Å². The number of piperazine rings is 2. The Labute approximate surface area is 167 Å². The van der Waals surface area contributed by atoms with Gasteiger partial charge in [0.05, 0.1) is 11.2 Å². The first-order valence-corrected chi connectivity index (χ1v) is 10.3. The molecule has 1 aromatic carbocycles. The summed E-state index contributed by atoms with van der Waals surface area (Å²) in [7, 11) is 0. The van der Waals surface area contributed by atoms with Crippen molar-refractivity contribution in [2.45, 2.75) is 12.8 Å². The molecule has 2 aromatic rings. The van der Waals surface area contributed by atoms with Crippen molar-refractivity contribution in [1.82, 2.24) is 19.5 Å². The van der Waals surface area contributed by atoms with Gasteiger partial charge in [0.2, 0.25) is 17.7 Å². The average Bonchev–Trinajstić information content (AvgIpc) is 3.16. The second-order valence-corrected chi connectivity index (χ2v) is 7.84. The summed E-state index contributed by atoms with van der Waals surface area (Å²) in [5.41, 5.74) is 0. The standard InChI is InChI=1S/C19H23N5O3S/c25-16-13-24(8-7-20-16)18(27)6-5-17(26)22-9-11-23(12-10-22)19-14-3-1-2-4-15(14)28-21-19/h1-4H,5-13H2,(H,20,25). The number of rotatable bonds is 4. The normalized spacial score (nSPS) is 17.7. The van der Waals surface area contributed by atoms with Gasteiger partial charge in [0.15, 0.2) is 0 Å². The SMILES string of the molecule is O=C1CN(C(=O)CCC(=O)N2CCN(c3nsc4ccccc34)CC2)CCN1. The Morgan fingerprint density at radius 2 is 1.71 bits per heavy atom. The Morgan fingerprint density at radius 1 is 1.00 bits per heavy atom. The van der Waals surface area contributed by atoms with Crippen molar-refractivity contribution in [2.75, 3.05) is 50.7 Å². The molecule has 28 heavy (non-hydrogen) atoms. The second kappa shape index (κ2) is 8.14. The highest BCUT2D eigenvalue weighted by Gasteiger charge is 2.25. The maximum Gasteiger partial charge on any atom is 0.239 e. The number of nitrogens with one attached hydrogen (secondary N) is 1. The van der Waals surface area contributed by atoms with Crippen LogP contribution in [0.3, 0.4) is 0 Å². The predicted molar refractivity (Wildman–Crippen MR) is 107 cm³/mol. The fourth-order valence-corrected chi connectivity index (χ4v) is 4.45. The number of carbonyl (C=O) groups is 3. The third-order valence-corrected chi connectivity index (χ3v) is 6.05. The monoisotopic (exact) mass is 401 g/mol. The average molecular weight is 401 g/mol. The van der Waals surface area contributed by atoms with Gasteiger partial charge in [-0.25, -0.2) is 0 Å². The molecule has 0 aliphatic carbocycles. The van der Waals surface area contributed by atoms with Crippen molar-refractivity contribution in [3.63, 3.8) is 0 Å². The minimum absolute atomic E-state index is 0.00223. The molecule has 4 rings (SSSR count). The highest BCUT2D eigenvalue weighted by molar-refractivity contribution is 7.13. The molecule has 1 aromatic heterocycles. The fraction of sp³-hybridized carbons (Fsp3) is 0.474. The van der Waals surface area contributed by atoms with Gasteiger partial charge in [-0.1, -0.05) is 12.1 Å². The van der Waals surface area contributed by atoms with Gasteiger partial charge >= 0.3 is 0 Å². The minimum atomic E-state index is -0.142. The van der Waals surface area contributed by atoms with Crippen molar-refractivity contribution >= 4 is 45.2 Å². The summed E-state index contributed by atoms with van der Waals surface area (Å²) in [5.74, 6) is 0.719. The largest absolute Gasteiger partial charge is 0.353 e. The van der Waals surface area contributed by atoms with Gasteiger partial charge in [0, 0.05) is 57.5 Å². The number of nitrogens with zero attached hydrogens (tertiary/aromatic N) is 4. The lowest BCUT2D eigenvalue weighted by Crippen LogP contribution is -2.51. The van der Waals surface area contributed by atoms with Gasteiger partial charge < -0.3 is 20.0 Å². The van der Waals surface area contributed by atoms with Crippen LogP contribution in [0.5, 0.6) is 0 Å². The number of fused-ring (bicyclic) bond motifs is 1. The van der Waals surface area contributed by atoms with E-state index in [1.807, 2.05) is 17.0 Å². The number of amides is 3. The summed E-state index contributed by atoms with van der Waals surface area (Å²) in [6, 6.07) is 8.18. The number of hydrogen-bond acceptors (Lipinski definition) is 6. The first-order valence-electron chi connectivity index (χ1n) is 9.53. The molecule has 1 N–H and O–H groups in total. The van der Waals surface area contributed by atoms with E-state index >= 15 is 0 Å². The molecule has 2 aliphatic rings. The number of anilines is 1. The Kier molecular flexibility index (Phi) is 5.43. The third kappa shape index (κ3) is 3.94. The molecular weight excluding hydrogens is 378 g/mol. The van der Waals surface area contributed by atoms with E-state index in [9.17, 15) is 14.4 Å². The van der Waals surface area contributed by atoms with Crippen LogP contribution in [-0.2, 0) is 14.4 Å². The minimum Gasteiger partial charge on any atom is -0.353 e. The fourth-order valence-electron chi connectivity index (χ4n) is 3.65. The summed E-state index contributed by atoms with van der Waals surface area (Å²) in [5, 5.41) is 3.85. The molecule has 2 saturated heterocycles. The van der Waals surface area contributed by atoms with Crippen LogP contribution in [0.2, 0.25) is 0 Å². The molecule has 0 atom stereocenters. The zero-order valence-electron chi connectivity index (χ0n) is 15.6. The van der Waals surface area contributed by atoms with Crippen LogP contribution in [-0.4, -0.2) is 77.7 Å². The molecule has 0 unspecified atom stereocenters. The second-order valence-electron chi connectivity index (χ2n) is 7.04. The Balaban J connectivity index is 1.27. The van der Waals surface area contributed by atoms with E-state index in [0.29, 0.717) is 26.2 Å². The summed E-state index contributed by atoms with van der Waals surface area (Å²) in [6.45, 7) is 3.81. The van der Waals surface area contributed by atoms with Crippen LogP contribution in [0.1, 0.15) is 12.8 Å². The third-order valence-electron chi connectivity index (χ3n) is 5.23. The van der Waals surface area contributed by atoms with Gasteiger partial charge in [0.1, 0.15) is 5.82 Å². The van der Waals surface area contributed by atoms with Gasteiger partial charge in [-0.15, -0.1) is 0 Å². The molecule has 0 saturated carbocycles. The molecule has 0 bridgehead atoms. The molecule has 0 spiro atoms. The molecule has 2 fully saturated rings. The summed E-state index contributed by atoms with van der Waals surface area (Å²) in [6.07, 6.45) is 0.347. The van der Waals surface area contributed by atoms with Crippen molar-refractivity contribution in [1.29, 1.82) is 0 Å². The number of aromatic nitrogens is 1. The first-order chi connectivity index (χ1) is 13.6. The van der Waals surface area contributed by atoms with E-state index in [2.05, 4.69) is 26.7 Å². The molecule has 2 aliphatic heterocycles. The van der Waals surface area contributed by atoms with E-state index in [0.717, 1.165) is 24.3 Å². The molecular formula is C19H23N5O3S. The van der Waals surface area contributed by atoms with Gasteiger partial charge in [-0.05, 0) is 23.7 Å². The summed E-state index contributed by atoms with van der Waals surface area (Å²) >= 11 is 1.50. The van der Waals surface area contributed by atoms with Gasteiger partial charge in [-0.2, -0.15) is 4.37 Å². The lowest BCUT2D eigenvalue weighted by Gasteiger charge is -2.35. The van der Waals surface area contributed by atoms with Crippen LogP contribution in [0.4, 0.5) is 5.82 Å². The van der Waals surface area contributed by atoms with Crippen molar-refractivity contribution in [3.05, 3.63) is 24.3 Å². The number of carbonyl (C=O) groups excluding carboxylic acids is 3. The zero-order valence-corrected chi connectivity index (χ0v) is 16.4. The molecule has 3 heterocycles. The van der Waals surface area contributed by atoms with Crippen molar-refractivity contribution in [3.8, 4) is 0 Å². The van der Waals surface area contributed by atoms with Crippen LogP contribution < -0.4 is 10.2 Å². The number of hydrogen-bond donors (Lipinski definition) is 1. The lowest BCUT2D eigenvalue weighted by molar-refractivity contribution is -0.140. The molecule has 0 radical (unpaired) electrons. The van der Waals surface area contributed by atoms with E-state index in [1.54, 1.807) is 0 Å². The van der Waals surface area contributed by atoms with Crippen molar-refractivity contribution < 1.29 is 14.4 Å². The van der Waals surface area contributed by atoms with Crippen LogP contribution >= 0.6 is 11.5 Å². The molecule has 9 heteroatoms. The van der Waals surface area contributed by atoms with Crippen LogP contribution in [0.25, 0.3) is 10.1 Å². The summed E-state index contributed by atoms with van der Waals surface area (Å²) in [4.78, 5) is 41.7. The van der Waals surface area contributed by atoms with E-state index < -0.39 is 0 Å². The molecule has 148 valence electrons. The van der Waals surface area contributed by atoms with Crippen LogP contribution in [0, 0.1) is 0 Å². The maximum absolute atomic E-state index is 12.5. The number of benzene rings is 1. The van der Waals surface area contributed by atoms with E-state index in [-0.39, 0.29) is 37.1 Å². The van der Waals surface area contributed by atoms with E-state index in [1.165, 1.54) is 21.1 Å². The van der Waals surface area contributed by atoms with Crippen LogP contribution in [0.15, 0.2) is 24.3 Å². The Morgan fingerprint density at radius 3 is 2.46 bits per heavy atom. The smallest absolute Gasteiger partial charge is 0.239 e. The van der Waals surface area contributed by atoms with Crippen molar-refractivity contribution in [2.24, 2.45) is 0 Å². The quantitative estimate of drug-likeness (QED) is 0.815. The lowest BCUT2D eigenvalue weighted by atomic mass is 10.2. The summed E-state index contributed by atoms with van der Waals surface area (Å²) < 4.78 is 5.76. The first kappa shape index (κ1) is 18.7. The highest BCUT2D eigenvalue weighted by atomic mass is 32.1. The molecule has 8 nitrogen and oxygen atoms in total. The Hall–Kier alpha value is -2.68. The van der Waals surface area contributed by atoms with Gasteiger partial charge in [0.25, 0.3) is 0 Å². The van der Waals surface area contributed by atoms with Gasteiger partial charge in [-0.3, -0.25) is 14.4 Å². The Bertz CT molecular complexity index is 891.